The molecule has 0 aromatic heterocycles. The van der Waals surface area contributed by atoms with E-state index >= 15 is 0 Å². The van der Waals surface area contributed by atoms with E-state index in [1.54, 1.807) is 0 Å². The molecule has 64 heavy (non-hydrogen) atoms. The third kappa shape index (κ3) is 8.41. The Morgan fingerprint density at radius 3 is 1.39 bits per heavy atom. The van der Waals surface area contributed by atoms with Crippen molar-refractivity contribution in [3.05, 3.63) is 201 Å². The van der Waals surface area contributed by atoms with Crippen molar-refractivity contribution in [3.63, 3.8) is 0 Å². The second-order valence-electron chi connectivity index (χ2n) is 19.2. The van der Waals surface area contributed by atoms with Crippen LogP contribution in [0.25, 0.3) is 0 Å². The van der Waals surface area contributed by atoms with Crippen molar-refractivity contribution in [1.82, 2.24) is 0 Å². The molecular weight excluding hydrogens is 797 g/mol. The Kier molecular flexibility index (Phi) is 11.5. The van der Waals surface area contributed by atoms with E-state index in [0.717, 1.165) is 55.8 Å². The number of hydrogen-bond acceptors (Lipinski definition) is 7. The zero-order valence-corrected chi connectivity index (χ0v) is 37.6. The molecule has 2 aliphatic carbocycles. The molecule has 0 saturated carbocycles. The second kappa shape index (κ2) is 17.3. The van der Waals surface area contributed by atoms with Gasteiger partial charge in [-0.1, -0.05) is 121 Å². The number of rotatable bonds is 18. The highest BCUT2D eigenvalue weighted by atomic mass is 16.6. The average Bonchev–Trinajstić information content (AvgIpc) is 4.27. The lowest BCUT2D eigenvalue weighted by atomic mass is 9.70. The maximum absolute atomic E-state index is 11.1. The molecule has 7 heteroatoms. The van der Waals surface area contributed by atoms with E-state index in [-0.39, 0.29) is 36.3 Å². The van der Waals surface area contributed by atoms with Crippen LogP contribution < -0.4 is 9.47 Å². The first kappa shape index (κ1) is 42.7. The maximum atomic E-state index is 11.1. The predicted octanol–water partition coefficient (Wildman–Crippen LogP) is 10.4. The van der Waals surface area contributed by atoms with Gasteiger partial charge in [0.1, 0.15) is 43.0 Å². The number of benzene rings is 6. The van der Waals surface area contributed by atoms with Crippen LogP contribution in [-0.4, -0.2) is 63.1 Å². The van der Waals surface area contributed by atoms with Crippen LogP contribution >= 0.6 is 0 Å². The van der Waals surface area contributed by atoms with Gasteiger partial charge in [0, 0.05) is 10.8 Å². The predicted molar refractivity (Wildman–Crippen MR) is 249 cm³/mol. The van der Waals surface area contributed by atoms with E-state index in [4.69, 9.17) is 28.4 Å². The summed E-state index contributed by atoms with van der Waals surface area (Å²) in [4.78, 5) is 0. The highest BCUT2D eigenvalue weighted by molar-refractivity contribution is 5.59. The van der Waals surface area contributed by atoms with Crippen molar-refractivity contribution in [2.24, 2.45) is 0 Å². The molecule has 6 aromatic carbocycles. The Morgan fingerprint density at radius 2 is 0.922 bits per heavy atom. The van der Waals surface area contributed by atoms with E-state index in [9.17, 15) is 5.11 Å². The lowest BCUT2D eigenvalue weighted by Gasteiger charge is -2.34. The first-order chi connectivity index (χ1) is 31.0. The van der Waals surface area contributed by atoms with Gasteiger partial charge in [-0.25, -0.2) is 0 Å². The minimum atomic E-state index is -0.808. The number of aryl methyl sites for hydroxylation is 2. The van der Waals surface area contributed by atoms with Crippen LogP contribution in [0.1, 0.15) is 96.2 Å². The summed E-state index contributed by atoms with van der Waals surface area (Å²) in [5, 5.41) is 11.1. The van der Waals surface area contributed by atoms with Crippen molar-refractivity contribution < 1.29 is 33.5 Å². The molecule has 2 heterocycles. The molecule has 6 aromatic rings. The first-order valence-electron chi connectivity index (χ1n) is 23.1. The van der Waals surface area contributed by atoms with Crippen molar-refractivity contribution >= 4 is 0 Å². The Morgan fingerprint density at radius 1 is 0.516 bits per heavy atom. The van der Waals surface area contributed by atoms with Gasteiger partial charge in [-0.05, 0) is 133 Å². The van der Waals surface area contributed by atoms with Gasteiger partial charge in [-0.3, -0.25) is 0 Å². The van der Waals surface area contributed by atoms with Gasteiger partial charge in [-0.15, -0.1) is 0 Å². The highest BCUT2D eigenvalue weighted by Gasteiger charge is 2.43. The Balaban J connectivity index is 0.794. The number of ether oxygens (including phenoxy) is 6. The summed E-state index contributed by atoms with van der Waals surface area (Å²) in [6, 6.07) is 52.6. The molecule has 0 amide bonds. The van der Waals surface area contributed by atoms with Gasteiger partial charge in [0.15, 0.2) is 0 Å². The van der Waals surface area contributed by atoms with Gasteiger partial charge < -0.3 is 33.5 Å². The highest BCUT2D eigenvalue weighted by Crippen LogP contribution is 2.51. The zero-order chi connectivity index (χ0) is 43.9. The van der Waals surface area contributed by atoms with E-state index in [1.807, 2.05) is 12.1 Å². The number of epoxide rings is 2. The molecule has 2 saturated heterocycles. The Bertz CT molecular complexity index is 2540. The quantitative estimate of drug-likeness (QED) is 0.0863. The van der Waals surface area contributed by atoms with Crippen molar-refractivity contribution in [2.75, 3.05) is 39.6 Å². The van der Waals surface area contributed by atoms with E-state index in [2.05, 4.69) is 161 Å². The summed E-state index contributed by atoms with van der Waals surface area (Å²) >= 11 is 0. The van der Waals surface area contributed by atoms with Gasteiger partial charge in [0.2, 0.25) is 0 Å². The van der Waals surface area contributed by atoms with Crippen LogP contribution in [0.2, 0.25) is 0 Å². The zero-order valence-electron chi connectivity index (χ0n) is 37.6. The van der Waals surface area contributed by atoms with Gasteiger partial charge in [0.25, 0.3) is 0 Å². The summed E-state index contributed by atoms with van der Waals surface area (Å²) in [6.07, 6.45) is 3.64. The third-order valence-corrected chi connectivity index (χ3v) is 14.3. The molecule has 0 spiro atoms. The van der Waals surface area contributed by atoms with Crippen LogP contribution in [-0.2, 0) is 53.8 Å². The number of hydrogen-bond donors (Lipinski definition) is 1. The molecule has 0 radical (unpaired) electrons. The van der Waals surface area contributed by atoms with Crippen molar-refractivity contribution in [2.45, 2.75) is 93.7 Å². The van der Waals surface area contributed by atoms with Crippen molar-refractivity contribution in [3.8, 4) is 11.5 Å². The number of aliphatic hydroxyl groups is 1. The lowest BCUT2D eigenvalue weighted by molar-refractivity contribution is -0.0717. The van der Waals surface area contributed by atoms with Gasteiger partial charge in [-0.2, -0.15) is 0 Å². The fraction of sp³-hybridized carbons (Fsp3) is 0.368. The van der Waals surface area contributed by atoms with Crippen molar-refractivity contribution in [1.29, 1.82) is 0 Å². The molecule has 2 fully saturated rings. The number of fused-ring (bicyclic) bond motifs is 2. The van der Waals surface area contributed by atoms with Gasteiger partial charge in [0.05, 0.1) is 37.6 Å². The monoisotopic (exact) mass is 856 g/mol. The molecule has 1 N–H and O–H groups in total. The molecule has 4 aliphatic rings. The molecule has 7 nitrogen and oxygen atoms in total. The van der Waals surface area contributed by atoms with E-state index < -0.39 is 17.3 Å². The summed E-state index contributed by atoms with van der Waals surface area (Å²) in [5.74, 6) is 1.58. The second-order valence-corrected chi connectivity index (χ2v) is 19.2. The maximum Gasteiger partial charge on any atom is 0.119 e. The molecule has 5 unspecified atom stereocenters. The van der Waals surface area contributed by atoms with Crippen LogP contribution in [0.15, 0.2) is 146 Å². The summed E-state index contributed by atoms with van der Waals surface area (Å²) < 4.78 is 35.6. The fourth-order valence-electron chi connectivity index (χ4n) is 10.3. The van der Waals surface area contributed by atoms with Gasteiger partial charge >= 0.3 is 0 Å². The minimum Gasteiger partial charge on any atom is -0.491 e. The standard InChI is InChI=1S/C57H60O7/c1-54(2,41-13-17-43(18-14-41)57(32-30-40-10-6-8-12-53(40)57)46-23-27-49(28-24-46)60-35-50-36-61-50)63-34-47(58)33-59-48-25-21-45(22-26-48)56(31-29-39-9-5-7-11-52(39)56)44-19-15-42(16-20-44)55(3,4)64-38-51-37-62-51/h5-28,47,50-51,58H,29-38H2,1-4H3. The Hall–Kier alpha value is -5.28. The van der Waals surface area contributed by atoms with Crippen LogP contribution in [0.3, 0.4) is 0 Å². The normalized spacial score (nSPS) is 22.7. The van der Waals surface area contributed by atoms with Crippen LogP contribution in [0.5, 0.6) is 11.5 Å². The SMILES string of the molecule is CC(C)(OCC(O)COc1ccc(C2(c3ccc(C(C)(C)OCC4CO4)cc3)CCc3ccccc32)cc1)c1ccc(C2(c3ccc(OCC4CO4)cc3)CCc3ccccc32)cc1. The topological polar surface area (TPSA) is 82.2 Å². The summed E-state index contributed by atoms with van der Waals surface area (Å²) in [5.41, 5.74) is 11.1. The minimum absolute atomic E-state index is 0.120. The van der Waals surface area contributed by atoms with E-state index in [1.165, 1.54) is 44.5 Å². The first-order valence-corrected chi connectivity index (χ1v) is 23.1. The Labute approximate surface area is 378 Å². The smallest absolute Gasteiger partial charge is 0.119 e. The number of aliphatic hydroxyl groups excluding tert-OH is 1. The van der Waals surface area contributed by atoms with E-state index in [0.29, 0.717) is 19.0 Å². The summed E-state index contributed by atoms with van der Waals surface area (Å²) in [6.45, 7) is 11.4. The molecule has 5 atom stereocenters. The molecule has 330 valence electrons. The lowest BCUT2D eigenvalue weighted by Crippen LogP contribution is -2.31. The summed E-state index contributed by atoms with van der Waals surface area (Å²) in [7, 11) is 0. The van der Waals surface area contributed by atoms with Crippen LogP contribution in [0.4, 0.5) is 0 Å². The molecular formula is C57H60O7. The average molecular weight is 857 g/mol. The van der Waals surface area contributed by atoms with Crippen LogP contribution in [0, 0.1) is 0 Å². The third-order valence-electron chi connectivity index (χ3n) is 14.3. The fourth-order valence-corrected chi connectivity index (χ4v) is 10.3. The largest absolute Gasteiger partial charge is 0.491 e. The molecule has 10 rings (SSSR count). The molecule has 0 bridgehead atoms. The molecule has 2 aliphatic heterocycles.